The molecule has 1 aliphatic heterocycles. The molecule has 1 aromatic carbocycles. The van der Waals surface area contributed by atoms with E-state index >= 15 is 0 Å². The van der Waals surface area contributed by atoms with Gasteiger partial charge in [-0.15, -0.1) is 0 Å². The number of benzene rings is 1. The first-order chi connectivity index (χ1) is 10.0. The van der Waals surface area contributed by atoms with Gasteiger partial charge in [-0.25, -0.2) is 0 Å². The number of hydrogen-bond donors (Lipinski definition) is 0. The van der Waals surface area contributed by atoms with Gasteiger partial charge in [0.25, 0.3) is 0 Å². The lowest BCUT2D eigenvalue weighted by atomic mass is 10.1. The minimum absolute atomic E-state index is 0.174. The van der Waals surface area contributed by atoms with Gasteiger partial charge < -0.3 is 9.80 Å². The van der Waals surface area contributed by atoms with Crippen LogP contribution in [0.5, 0.6) is 0 Å². The van der Waals surface area contributed by atoms with Gasteiger partial charge in [-0.3, -0.25) is 0 Å². The third kappa shape index (κ3) is 3.37. The molecule has 0 radical (unpaired) electrons. The van der Waals surface area contributed by atoms with Gasteiger partial charge in [0, 0.05) is 49.7 Å². The minimum Gasteiger partial charge on any atom is -0.383 e. The summed E-state index contributed by atoms with van der Waals surface area (Å²) in [6, 6.07) is 11.5. The Morgan fingerprint density at radius 1 is 1.29 bits per heavy atom. The van der Waals surface area contributed by atoms with Crippen molar-refractivity contribution < 1.29 is 0 Å². The molecule has 0 aromatic heterocycles. The molecular weight excluding hydrogens is 284 g/mol. The number of hydrogen-bond acceptors (Lipinski definition) is 4. The Balaban J connectivity index is 2.43. The molecule has 0 N–H and O–H groups in total. The van der Waals surface area contributed by atoms with Crippen molar-refractivity contribution in [2.24, 2.45) is 0 Å². The molecule has 1 saturated heterocycles. The van der Waals surface area contributed by atoms with E-state index in [1.54, 1.807) is 0 Å². The predicted octanol–water partition coefficient (Wildman–Crippen LogP) is 2.95. The Morgan fingerprint density at radius 3 is 2.57 bits per heavy atom. The summed E-state index contributed by atoms with van der Waals surface area (Å²) in [5.41, 5.74) is 2.93. The molecule has 0 atom stereocenters. The SMILES string of the molecule is CN(C)C=C1CN(c2cccc(Cl)c2)CC1=C(C#N)C#N. The van der Waals surface area contributed by atoms with Crippen LogP contribution in [0.15, 0.2) is 47.2 Å². The van der Waals surface area contributed by atoms with Crippen LogP contribution in [0.25, 0.3) is 0 Å². The van der Waals surface area contributed by atoms with Crippen LogP contribution < -0.4 is 4.90 Å². The van der Waals surface area contributed by atoms with Crippen LogP contribution in [0, 0.1) is 22.7 Å². The number of anilines is 1. The number of rotatable bonds is 2. The van der Waals surface area contributed by atoms with Gasteiger partial charge >= 0.3 is 0 Å². The molecule has 0 aliphatic carbocycles. The highest BCUT2D eigenvalue weighted by Gasteiger charge is 2.25. The fourth-order valence-electron chi connectivity index (χ4n) is 2.33. The second kappa shape index (κ2) is 6.35. The first kappa shape index (κ1) is 15.0. The Hall–Kier alpha value is -2.43. The number of nitrogens with zero attached hydrogens (tertiary/aromatic N) is 4. The quantitative estimate of drug-likeness (QED) is 0.788. The fraction of sp³-hybridized carbons (Fsp3) is 0.250. The molecule has 0 unspecified atom stereocenters. The largest absolute Gasteiger partial charge is 0.383 e. The van der Waals surface area contributed by atoms with Crippen molar-refractivity contribution in [2.75, 3.05) is 32.1 Å². The molecule has 106 valence electrons. The van der Waals surface area contributed by atoms with Gasteiger partial charge in [0.15, 0.2) is 0 Å². The van der Waals surface area contributed by atoms with Crippen LogP contribution in [0.3, 0.4) is 0 Å². The summed E-state index contributed by atoms with van der Waals surface area (Å²) >= 11 is 6.03. The Morgan fingerprint density at radius 2 is 2.00 bits per heavy atom. The minimum atomic E-state index is 0.174. The zero-order valence-corrected chi connectivity index (χ0v) is 12.7. The molecule has 0 bridgehead atoms. The highest BCUT2D eigenvalue weighted by molar-refractivity contribution is 6.30. The second-order valence-corrected chi connectivity index (χ2v) is 5.47. The van der Waals surface area contributed by atoms with Crippen molar-refractivity contribution in [3.05, 3.63) is 52.2 Å². The molecule has 1 aliphatic rings. The van der Waals surface area contributed by atoms with E-state index in [-0.39, 0.29) is 5.57 Å². The lowest BCUT2D eigenvalue weighted by Crippen LogP contribution is -2.18. The van der Waals surface area contributed by atoms with E-state index in [1.807, 2.05) is 61.6 Å². The van der Waals surface area contributed by atoms with Crippen LogP contribution in [0.1, 0.15) is 0 Å². The third-order valence-corrected chi connectivity index (χ3v) is 3.45. The summed E-state index contributed by atoms with van der Waals surface area (Å²) in [6.07, 6.45) is 1.95. The Labute approximate surface area is 129 Å². The smallest absolute Gasteiger partial charge is 0.135 e. The van der Waals surface area contributed by atoms with Crippen LogP contribution in [-0.4, -0.2) is 32.1 Å². The maximum atomic E-state index is 9.13. The van der Waals surface area contributed by atoms with Gasteiger partial charge in [0.2, 0.25) is 0 Å². The van der Waals surface area contributed by atoms with E-state index < -0.39 is 0 Å². The monoisotopic (exact) mass is 298 g/mol. The molecule has 1 aromatic rings. The van der Waals surface area contributed by atoms with E-state index in [0.29, 0.717) is 18.1 Å². The number of halogens is 1. The molecule has 5 heteroatoms. The standard InChI is InChI=1S/C16H15ClN4/c1-20(2)9-13-10-21(11-16(13)12(7-18)8-19)15-5-3-4-14(17)6-15/h3-6,9H,10-11H2,1-2H3. The molecule has 0 saturated carbocycles. The Bertz CT molecular complexity index is 673. The summed E-state index contributed by atoms with van der Waals surface area (Å²) < 4.78 is 0. The predicted molar refractivity (Wildman–Crippen MR) is 83.7 cm³/mol. The van der Waals surface area contributed by atoms with Crippen molar-refractivity contribution in [3.8, 4) is 12.1 Å². The molecule has 1 fully saturated rings. The van der Waals surface area contributed by atoms with Crippen LogP contribution >= 0.6 is 11.6 Å². The maximum Gasteiger partial charge on any atom is 0.135 e. The average molecular weight is 299 g/mol. The molecule has 0 amide bonds. The summed E-state index contributed by atoms with van der Waals surface area (Å²) in [4.78, 5) is 4.02. The first-order valence-corrected chi connectivity index (χ1v) is 6.84. The van der Waals surface area contributed by atoms with Crippen molar-refractivity contribution in [2.45, 2.75) is 0 Å². The van der Waals surface area contributed by atoms with Gasteiger partial charge in [0.1, 0.15) is 17.7 Å². The van der Waals surface area contributed by atoms with Gasteiger partial charge in [-0.2, -0.15) is 10.5 Å². The third-order valence-electron chi connectivity index (χ3n) is 3.21. The van der Waals surface area contributed by atoms with Crippen LogP contribution in [-0.2, 0) is 0 Å². The second-order valence-electron chi connectivity index (χ2n) is 5.03. The molecule has 4 nitrogen and oxygen atoms in total. The highest BCUT2D eigenvalue weighted by atomic mass is 35.5. The molecule has 0 spiro atoms. The lowest BCUT2D eigenvalue weighted by Gasteiger charge is -2.17. The lowest BCUT2D eigenvalue weighted by molar-refractivity contribution is 0.559. The summed E-state index contributed by atoms with van der Waals surface area (Å²) in [6.45, 7) is 1.19. The maximum absolute atomic E-state index is 9.13. The first-order valence-electron chi connectivity index (χ1n) is 6.46. The van der Waals surface area contributed by atoms with E-state index in [4.69, 9.17) is 22.1 Å². The van der Waals surface area contributed by atoms with Gasteiger partial charge in [0.05, 0.1) is 0 Å². The fourth-order valence-corrected chi connectivity index (χ4v) is 2.52. The van der Waals surface area contributed by atoms with Crippen molar-refractivity contribution >= 4 is 17.3 Å². The van der Waals surface area contributed by atoms with E-state index in [0.717, 1.165) is 16.8 Å². The van der Waals surface area contributed by atoms with Gasteiger partial charge in [-0.05, 0) is 23.8 Å². The molecule has 2 rings (SSSR count). The molecular formula is C16H15ClN4. The average Bonchev–Trinajstić information content (AvgIpc) is 2.83. The van der Waals surface area contributed by atoms with Gasteiger partial charge in [-0.1, -0.05) is 17.7 Å². The molecule has 21 heavy (non-hydrogen) atoms. The zero-order chi connectivity index (χ0) is 15.4. The van der Waals surface area contributed by atoms with Crippen LogP contribution in [0.2, 0.25) is 5.02 Å². The topological polar surface area (TPSA) is 54.1 Å². The van der Waals surface area contributed by atoms with E-state index in [1.165, 1.54) is 0 Å². The summed E-state index contributed by atoms with van der Waals surface area (Å²) in [5.74, 6) is 0. The van der Waals surface area contributed by atoms with E-state index in [9.17, 15) is 0 Å². The molecule has 1 heterocycles. The normalized spacial score (nSPS) is 15.8. The van der Waals surface area contributed by atoms with E-state index in [2.05, 4.69) is 4.90 Å². The van der Waals surface area contributed by atoms with Crippen molar-refractivity contribution in [1.29, 1.82) is 10.5 Å². The highest BCUT2D eigenvalue weighted by Crippen LogP contribution is 2.30. The van der Waals surface area contributed by atoms with Crippen molar-refractivity contribution in [1.82, 2.24) is 4.90 Å². The van der Waals surface area contributed by atoms with Crippen molar-refractivity contribution in [3.63, 3.8) is 0 Å². The zero-order valence-electron chi connectivity index (χ0n) is 12.0. The number of nitriles is 2. The number of allylic oxidation sites excluding steroid dienone is 1. The van der Waals surface area contributed by atoms with Crippen LogP contribution in [0.4, 0.5) is 5.69 Å². The summed E-state index contributed by atoms with van der Waals surface area (Å²) in [5, 5.41) is 18.9. The Kier molecular flexibility index (Phi) is 4.52. The summed E-state index contributed by atoms with van der Waals surface area (Å²) in [7, 11) is 3.84.